The van der Waals surface area contributed by atoms with E-state index in [1.807, 2.05) is 20.8 Å². The Hall–Kier alpha value is -1.73. The predicted octanol–water partition coefficient (Wildman–Crippen LogP) is 1.40. The normalized spacial score (nSPS) is 21.7. The summed E-state index contributed by atoms with van der Waals surface area (Å²) in [7, 11) is 0. The fraction of sp³-hybridized carbons (Fsp3) is 0.500. The molecule has 0 spiro atoms. The zero-order valence-electron chi connectivity index (χ0n) is 12.2. The van der Waals surface area contributed by atoms with Crippen molar-refractivity contribution in [2.45, 2.75) is 32.5 Å². The van der Waals surface area contributed by atoms with E-state index in [-0.39, 0.29) is 23.1 Å². The number of morpholine rings is 1. The van der Waals surface area contributed by atoms with Crippen molar-refractivity contribution in [2.75, 3.05) is 13.1 Å². The maximum absolute atomic E-state index is 12.6. The van der Waals surface area contributed by atoms with Gasteiger partial charge in [0.2, 0.25) is 0 Å². The summed E-state index contributed by atoms with van der Waals surface area (Å²) in [6.45, 7) is 6.75. The molecule has 0 aromatic carbocycles. The molecule has 1 aliphatic heterocycles. The van der Waals surface area contributed by atoms with Crippen LogP contribution in [0.1, 0.15) is 31.1 Å². The maximum Gasteiger partial charge on any atom is 0.271 e. The number of fused-ring (bicyclic) bond motifs is 1. The first-order chi connectivity index (χ1) is 9.87. The second kappa shape index (κ2) is 4.92. The third-order valence-corrected chi connectivity index (χ3v) is 4.20. The van der Waals surface area contributed by atoms with Crippen LogP contribution < -0.4 is 5.56 Å². The molecule has 1 atom stereocenters. The van der Waals surface area contributed by atoms with Gasteiger partial charge in [-0.05, 0) is 20.8 Å². The zero-order valence-corrected chi connectivity index (χ0v) is 13.0. The van der Waals surface area contributed by atoms with Crippen molar-refractivity contribution >= 4 is 22.2 Å². The van der Waals surface area contributed by atoms with E-state index in [1.165, 1.54) is 21.9 Å². The van der Waals surface area contributed by atoms with Crippen molar-refractivity contribution < 1.29 is 9.53 Å². The summed E-state index contributed by atoms with van der Waals surface area (Å²) in [5, 5.41) is 1.78. The molecular weight excluding hydrogens is 290 g/mol. The van der Waals surface area contributed by atoms with Gasteiger partial charge in [0.25, 0.3) is 11.5 Å². The Morgan fingerprint density at radius 3 is 3.00 bits per heavy atom. The van der Waals surface area contributed by atoms with Crippen LogP contribution in [-0.4, -0.2) is 45.0 Å². The first-order valence-corrected chi connectivity index (χ1v) is 7.67. The molecule has 1 saturated heterocycles. The fourth-order valence-corrected chi connectivity index (χ4v) is 3.43. The van der Waals surface area contributed by atoms with Crippen LogP contribution in [0.15, 0.2) is 22.6 Å². The Morgan fingerprint density at radius 1 is 1.52 bits per heavy atom. The van der Waals surface area contributed by atoms with E-state index in [9.17, 15) is 9.59 Å². The maximum atomic E-state index is 12.6. The largest absolute Gasteiger partial charge is 0.369 e. The molecule has 0 bridgehead atoms. The summed E-state index contributed by atoms with van der Waals surface area (Å²) >= 11 is 1.36. The zero-order chi connectivity index (χ0) is 15.2. The monoisotopic (exact) mass is 307 g/mol. The van der Waals surface area contributed by atoms with Gasteiger partial charge < -0.3 is 9.64 Å². The number of amides is 1. The van der Waals surface area contributed by atoms with E-state index < -0.39 is 5.60 Å². The Labute approximate surface area is 126 Å². The highest BCUT2D eigenvalue weighted by atomic mass is 32.1. The van der Waals surface area contributed by atoms with E-state index in [1.54, 1.807) is 16.5 Å². The van der Waals surface area contributed by atoms with Gasteiger partial charge in [0.1, 0.15) is 5.56 Å². The van der Waals surface area contributed by atoms with Gasteiger partial charge in [0.15, 0.2) is 4.96 Å². The van der Waals surface area contributed by atoms with E-state index in [0.29, 0.717) is 18.1 Å². The average molecular weight is 307 g/mol. The molecule has 1 aliphatic rings. The topological polar surface area (TPSA) is 63.9 Å². The quantitative estimate of drug-likeness (QED) is 0.799. The lowest BCUT2D eigenvalue weighted by Crippen LogP contribution is -2.54. The van der Waals surface area contributed by atoms with Gasteiger partial charge in [0.05, 0.1) is 11.7 Å². The van der Waals surface area contributed by atoms with Gasteiger partial charge in [-0.25, -0.2) is 4.98 Å². The van der Waals surface area contributed by atoms with Crippen molar-refractivity contribution in [3.8, 4) is 0 Å². The second-order valence-electron chi connectivity index (χ2n) is 5.91. The Kier molecular flexibility index (Phi) is 3.33. The lowest BCUT2D eigenvalue weighted by Gasteiger charge is -2.41. The van der Waals surface area contributed by atoms with Crippen molar-refractivity contribution in [3.05, 3.63) is 33.7 Å². The summed E-state index contributed by atoms with van der Waals surface area (Å²) in [4.78, 5) is 31.4. The minimum absolute atomic E-state index is 0.0571. The molecule has 7 heteroatoms. The molecule has 21 heavy (non-hydrogen) atoms. The minimum Gasteiger partial charge on any atom is -0.369 e. The highest BCUT2D eigenvalue weighted by molar-refractivity contribution is 7.15. The third kappa shape index (κ3) is 2.58. The smallest absolute Gasteiger partial charge is 0.271 e. The number of carbonyl (C=O) groups is 1. The van der Waals surface area contributed by atoms with Crippen LogP contribution in [0, 0.1) is 0 Å². The summed E-state index contributed by atoms with van der Waals surface area (Å²) in [6, 6.07) is 0. The molecule has 2 aromatic rings. The fourth-order valence-electron chi connectivity index (χ4n) is 2.75. The number of ether oxygens (including phenoxy) is 1. The minimum atomic E-state index is -0.413. The van der Waals surface area contributed by atoms with Crippen LogP contribution >= 0.6 is 11.3 Å². The number of hydrogen-bond acceptors (Lipinski definition) is 5. The van der Waals surface area contributed by atoms with Crippen LogP contribution in [0.2, 0.25) is 0 Å². The summed E-state index contributed by atoms with van der Waals surface area (Å²) in [5.41, 5.74) is -0.623. The summed E-state index contributed by atoms with van der Waals surface area (Å²) in [5.74, 6) is -0.281. The average Bonchev–Trinajstić information content (AvgIpc) is 2.85. The van der Waals surface area contributed by atoms with Crippen LogP contribution in [0.4, 0.5) is 0 Å². The second-order valence-corrected chi connectivity index (χ2v) is 6.78. The molecule has 1 amide bonds. The molecule has 3 rings (SSSR count). The van der Waals surface area contributed by atoms with Crippen molar-refractivity contribution in [1.29, 1.82) is 0 Å². The van der Waals surface area contributed by atoms with Gasteiger partial charge in [-0.2, -0.15) is 0 Å². The molecule has 0 aliphatic carbocycles. The number of aromatic nitrogens is 2. The standard InChI is InChI=1S/C14H17N3O3S/c1-9-7-16(8-14(2,3)20-9)11(18)10-6-15-13-17(12(10)19)4-5-21-13/h4-6,9H,7-8H2,1-3H3/t9-/m1/s1. The first-order valence-electron chi connectivity index (χ1n) is 6.79. The SMILES string of the molecule is C[C@@H]1CN(C(=O)c2cnc3sccn3c2=O)CC(C)(C)O1. The number of thiazole rings is 1. The highest BCUT2D eigenvalue weighted by Crippen LogP contribution is 2.21. The van der Waals surface area contributed by atoms with Gasteiger partial charge in [-0.1, -0.05) is 0 Å². The highest BCUT2D eigenvalue weighted by Gasteiger charge is 2.35. The lowest BCUT2D eigenvalue weighted by atomic mass is 10.0. The van der Waals surface area contributed by atoms with Gasteiger partial charge in [-0.3, -0.25) is 14.0 Å². The van der Waals surface area contributed by atoms with Crippen molar-refractivity contribution in [2.24, 2.45) is 0 Å². The van der Waals surface area contributed by atoms with Crippen LogP contribution in [0.5, 0.6) is 0 Å². The lowest BCUT2D eigenvalue weighted by molar-refractivity contribution is -0.118. The van der Waals surface area contributed by atoms with Crippen LogP contribution in [0.25, 0.3) is 4.96 Å². The van der Waals surface area contributed by atoms with E-state index in [2.05, 4.69) is 4.98 Å². The Bertz CT molecular complexity index is 749. The molecular formula is C14H17N3O3S. The predicted molar refractivity (Wildman–Crippen MR) is 79.9 cm³/mol. The van der Waals surface area contributed by atoms with Crippen LogP contribution in [0.3, 0.4) is 0 Å². The van der Waals surface area contributed by atoms with Gasteiger partial charge >= 0.3 is 0 Å². The Morgan fingerprint density at radius 2 is 2.29 bits per heavy atom. The molecule has 112 valence electrons. The molecule has 3 heterocycles. The summed E-state index contributed by atoms with van der Waals surface area (Å²) < 4.78 is 7.20. The molecule has 2 aromatic heterocycles. The third-order valence-electron chi connectivity index (χ3n) is 3.43. The van der Waals surface area contributed by atoms with Crippen molar-refractivity contribution in [3.63, 3.8) is 0 Å². The number of rotatable bonds is 1. The first kappa shape index (κ1) is 14.2. The van der Waals surface area contributed by atoms with Gasteiger partial charge in [-0.15, -0.1) is 11.3 Å². The van der Waals surface area contributed by atoms with Gasteiger partial charge in [0, 0.05) is 30.9 Å². The van der Waals surface area contributed by atoms with E-state index in [0.717, 1.165) is 0 Å². The molecule has 0 unspecified atom stereocenters. The molecule has 0 N–H and O–H groups in total. The number of nitrogens with zero attached hydrogens (tertiary/aromatic N) is 3. The number of hydrogen-bond donors (Lipinski definition) is 0. The molecule has 1 fully saturated rings. The van der Waals surface area contributed by atoms with Crippen molar-refractivity contribution in [1.82, 2.24) is 14.3 Å². The van der Waals surface area contributed by atoms with E-state index in [4.69, 9.17) is 4.74 Å². The molecule has 0 radical (unpaired) electrons. The number of carbonyl (C=O) groups excluding carboxylic acids is 1. The molecule has 0 saturated carbocycles. The Balaban J connectivity index is 1.96. The van der Waals surface area contributed by atoms with E-state index >= 15 is 0 Å². The molecule has 6 nitrogen and oxygen atoms in total. The summed E-state index contributed by atoms with van der Waals surface area (Å²) in [6.07, 6.45) is 2.96. The van der Waals surface area contributed by atoms with Crippen LogP contribution in [-0.2, 0) is 4.74 Å².